The van der Waals surface area contributed by atoms with Gasteiger partial charge in [-0.05, 0) is 44.1 Å². The van der Waals surface area contributed by atoms with Gasteiger partial charge in [-0.3, -0.25) is 4.99 Å². The Labute approximate surface area is 145 Å². The quantitative estimate of drug-likeness (QED) is 0.258. The zero-order valence-electron chi connectivity index (χ0n) is 13.1. The van der Waals surface area contributed by atoms with Gasteiger partial charge in [0, 0.05) is 33.3 Å². The minimum Gasteiger partial charge on any atom is -0.379 e. The normalized spacial score (nSPS) is 14.8. The predicted octanol–water partition coefficient (Wildman–Crippen LogP) is 2.68. The largest absolute Gasteiger partial charge is 0.379 e. The lowest BCUT2D eigenvalue weighted by atomic mass is 10.5. The highest BCUT2D eigenvalue weighted by atomic mass is 127. The van der Waals surface area contributed by atoms with E-state index in [1.807, 2.05) is 11.8 Å². The number of nitrogens with zero attached hydrogens (tertiary/aromatic N) is 2. The number of likely N-dealkylation sites (N-methyl/N-ethyl adjacent to an activating group) is 1. The standard InChI is InChI=1S/C14H29N3OS.HI/c1-4-15-14(16-8-5-11-19-3)17(2)9-10-18-12-13-6-7-13;/h13H,4-12H2,1-3H3,(H,15,16);1H. The van der Waals surface area contributed by atoms with Gasteiger partial charge in [-0.25, -0.2) is 0 Å². The van der Waals surface area contributed by atoms with E-state index in [4.69, 9.17) is 4.74 Å². The minimum absolute atomic E-state index is 0. The third-order valence-electron chi connectivity index (χ3n) is 3.09. The predicted molar refractivity (Wildman–Crippen MR) is 101 cm³/mol. The molecule has 0 radical (unpaired) electrons. The van der Waals surface area contributed by atoms with Crippen molar-refractivity contribution in [2.45, 2.75) is 26.2 Å². The number of ether oxygens (including phenoxy) is 1. The molecule has 0 spiro atoms. The van der Waals surface area contributed by atoms with E-state index >= 15 is 0 Å². The highest BCUT2D eigenvalue weighted by Crippen LogP contribution is 2.28. The maximum Gasteiger partial charge on any atom is 0.193 e. The molecule has 4 nitrogen and oxygen atoms in total. The number of hydrogen-bond donors (Lipinski definition) is 1. The molecule has 20 heavy (non-hydrogen) atoms. The van der Waals surface area contributed by atoms with E-state index in [0.29, 0.717) is 0 Å². The summed E-state index contributed by atoms with van der Waals surface area (Å²) in [7, 11) is 2.08. The van der Waals surface area contributed by atoms with Crippen LogP contribution in [0.5, 0.6) is 0 Å². The van der Waals surface area contributed by atoms with Gasteiger partial charge in [0.05, 0.1) is 6.61 Å². The van der Waals surface area contributed by atoms with E-state index in [1.54, 1.807) is 0 Å². The van der Waals surface area contributed by atoms with Gasteiger partial charge in [-0.1, -0.05) is 0 Å². The highest BCUT2D eigenvalue weighted by molar-refractivity contribution is 14.0. The van der Waals surface area contributed by atoms with Gasteiger partial charge in [0.2, 0.25) is 0 Å². The first kappa shape index (κ1) is 20.3. The average Bonchev–Trinajstić information content (AvgIpc) is 3.22. The second-order valence-corrected chi connectivity index (χ2v) is 6.01. The summed E-state index contributed by atoms with van der Waals surface area (Å²) in [5.74, 6) is 3.02. The van der Waals surface area contributed by atoms with Crippen LogP contribution in [0.2, 0.25) is 0 Å². The fourth-order valence-corrected chi connectivity index (χ4v) is 2.12. The number of aliphatic imine (C=N–C) groups is 1. The summed E-state index contributed by atoms with van der Waals surface area (Å²) in [6, 6.07) is 0. The third-order valence-corrected chi connectivity index (χ3v) is 3.78. The molecule has 0 heterocycles. The monoisotopic (exact) mass is 415 g/mol. The second-order valence-electron chi connectivity index (χ2n) is 5.02. The highest BCUT2D eigenvalue weighted by Gasteiger charge is 2.21. The van der Waals surface area contributed by atoms with Crippen LogP contribution in [0.25, 0.3) is 0 Å². The summed E-state index contributed by atoms with van der Waals surface area (Å²) in [4.78, 5) is 6.80. The summed E-state index contributed by atoms with van der Waals surface area (Å²) in [5.41, 5.74) is 0. The lowest BCUT2D eigenvalue weighted by molar-refractivity contribution is 0.115. The summed E-state index contributed by atoms with van der Waals surface area (Å²) in [6.07, 6.45) is 5.99. The van der Waals surface area contributed by atoms with Crippen LogP contribution in [0.15, 0.2) is 4.99 Å². The lowest BCUT2D eigenvalue weighted by Crippen LogP contribution is -2.40. The topological polar surface area (TPSA) is 36.9 Å². The van der Waals surface area contributed by atoms with E-state index in [-0.39, 0.29) is 24.0 Å². The van der Waals surface area contributed by atoms with Crippen LogP contribution in [-0.2, 0) is 4.74 Å². The van der Waals surface area contributed by atoms with Crippen LogP contribution in [0.3, 0.4) is 0 Å². The molecule has 1 saturated carbocycles. The molecule has 1 fully saturated rings. The first-order valence-electron chi connectivity index (χ1n) is 7.34. The van der Waals surface area contributed by atoms with Crippen molar-refractivity contribution >= 4 is 41.7 Å². The van der Waals surface area contributed by atoms with E-state index in [1.165, 1.54) is 18.6 Å². The van der Waals surface area contributed by atoms with E-state index in [2.05, 4.69) is 35.4 Å². The first-order valence-corrected chi connectivity index (χ1v) is 8.73. The summed E-state index contributed by atoms with van der Waals surface area (Å²) < 4.78 is 5.67. The van der Waals surface area contributed by atoms with Gasteiger partial charge < -0.3 is 15.0 Å². The molecule has 0 saturated heterocycles. The lowest BCUT2D eigenvalue weighted by Gasteiger charge is -2.22. The number of nitrogens with one attached hydrogen (secondary N) is 1. The maximum atomic E-state index is 5.67. The Morgan fingerprint density at radius 2 is 2.20 bits per heavy atom. The van der Waals surface area contributed by atoms with E-state index in [9.17, 15) is 0 Å². The smallest absolute Gasteiger partial charge is 0.193 e. The molecule has 1 aliphatic rings. The Morgan fingerprint density at radius 1 is 1.45 bits per heavy atom. The van der Waals surface area contributed by atoms with Gasteiger partial charge in [0.15, 0.2) is 5.96 Å². The summed E-state index contributed by atoms with van der Waals surface area (Å²) >= 11 is 1.88. The van der Waals surface area contributed by atoms with Crippen molar-refractivity contribution in [2.75, 3.05) is 51.9 Å². The van der Waals surface area contributed by atoms with Crippen molar-refractivity contribution in [3.8, 4) is 0 Å². The Kier molecular flexibility index (Phi) is 13.2. The second kappa shape index (κ2) is 13.0. The van der Waals surface area contributed by atoms with Crippen molar-refractivity contribution in [3.63, 3.8) is 0 Å². The molecule has 0 aromatic rings. The fourth-order valence-electron chi connectivity index (χ4n) is 1.71. The fraction of sp³-hybridized carbons (Fsp3) is 0.929. The number of thioether (sulfide) groups is 1. The molecule has 0 atom stereocenters. The van der Waals surface area contributed by atoms with Crippen molar-refractivity contribution in [1.82, 2.24) is 10.2 Å². The molecule has 6 heteroatoms. The summed E-state index contributed by atoms with van der Waals surface area (Å²) in [6.45, 7) is 6.55. The Hall–Kier alpha value is 0.310. The van der Waals surface area contributed by atoms with E-state index < -0.39 is 0 Å². The molecular formula is C14H30IN3OS. The van der Waals surface area contributed by atoms with Gasteiger partial charge >= 0.3 is 0 Å². The van der Waals surface area contributed by atoms with Crippen molar-refractivity contribution in [3.05, 3.63) is 0 Å². The Balaban J connectivity index is 0.00000361. The van der Waals surface area contributed by atoms with E-state index in [0.717, 1.165) is 51.1 Å². The van der Waals surface area contributed by atoms with Crippen LogP contribution in [0.1, 0.15) is 26.2 Å². The molecule has 1 rings (SSSR count). The molecule has 1 N–H and O–H groups in total. The maximum absolute atomic E-state index is 5.67. The van der Waals surface area contributed by atoms with Crippen molar-refractivity contribution in [1.29, 1.82) is 0 Å². The molecule has 0 aromatic carbocycles. The van der Waals surface area contributed by atoms with Gasteiger partial charge in [-0.2, -0.15) is 11.8 Å². The number of rotatable bonds is 10. The van der Waals surface area contributed by atoms with Crippen LogP contribution < -0.4 is 5.32 Å². The minimum atomic E-state index is 0. The Bertz CT molecular complexity index is 263. The SMILES string of the molecule is CCNC(=NCCCSC)N(C)CCOCC1CC1.I. The van der Waals surface area contributed by atoms with Crippen molar-refractivity contribution < 1.29 is 4.74 Å². The van der Waals surface area contributed by atoms with Gasteiger partial charge in [0.25, 0.3) is 0 Å². The average molecular weight is 415 g/mol. The van der Waals surface area contributed by atoms with Crippen molar-refractivity contribution in [2.24, 2.45) is 10.9 Å². The first-order chi connectivity index (χ1) is 9.27. The van der Waals surface area contributed by atoms with Crippen LogP contribution in [0, 0.1) is 5.92 Å². The Morgan fingerprint density at radius 3 is 2.80 bits per heavy atom. The number of hydrogen-bond acceptors (Lipinski definition) is 3. The number of guanidine groups is 1. The molecule has 0 unspecified atom stereocenters. The molecular weight excluding hydrogens is 385 g/mol. The molecule has 0 bridgehead atoms. The van der Waals surface area contributed by atoms with Gasteiger partial charge in [0.1, 0.15) is 0 Å². The number of halogens is 1. The molecule has 0 aliphatic heterocycles. The third kappa shape index (κ3) is 10.1. The molecule has 0 amide bonds. The van der Waals surface area contributed by atoms with Crippen LogP contribution in [0.4, 0.5) is 0 Å². The molecule has 0 aromatic heterocycles. The summed E-state index contributed by atoms with van der Waals surface area (Å²) in [5, 5.41) is 3.33. The van der Waals surface area contributed by atoms with Gasteiger partial charge in [-0.15, -0.1) is 24.0 Å². The van der Waals surface area contributed by atoms with Crippen LogP contribution in [-0.4, -0.2) is 62.8 Å². The zero-order valence-corrected chi connectivity index (χ0v) is 16.2. The molecule has 120 valence electrons. The zero-order chi connectivity index (χ0) is 13.9. The van der Waals surface area contributed by atoms with Crippen LogP contribution >= 0.6 is 35.7 Å². The molecule has 1 aliphatic carbocycles.